The van der Waals surface area contributed by atoms with Crippen molar-refractivity contribution >= 4 is 10.0 Å². The fourth-order valence-electron chi connectivity index (χ4n) is 2.22. The molecule has 9 heteroatoms. The van der Waals surface area contributed by atoms with Gasteiger partial charge in [-0.2, -0.15) is 4.31 Å². The molecule has 1 fully saturated rings. The lowest BCUT2D eigenvalue weighted by atomic mass is 9.94. The summed E-state index contributed by atoms with van der Waals surface area (Å²) in [6.45, 7) is 0.160. The maximum Gasteiger partial charge on any atom is 0.213 e. The number of halogens is 1. The molecule has 2 unspecified atom stereocenters. The lowest BCUT2D eigenvalue weighted by Crippen LogP contribution is -2.65. The van der Waals surface area contributed by atoms with E-state index in [1.54, 1.807) is 0 Å². The molecule has 19 heavy (non-hydrogen) atoms. The van der Waals surface area contributed by atoms with Gasteiger partial charge in [0, 0.05) is 6.54 Å². The molecule has 2 rings (SSSR count). The second-order valence-electron chi connectivity index (χ2n) is 4.54. The van der Waals surface area contributed by atoms with Crippen molar-refractivity contribution in [3.05, 3.63) is 24.0 Å². The predicted octanol–water partition coefficient (Wildman–Crippen LogP) is -0.856. The zero-order valence-electron chi connectivity index (χ0n) is 10.3. The monoisotopic (exact) mass is 290 g/mol. The molecule has 0 spiro atoms. The lowest BCUT2D eigenvalue weighted by Gasteiger charge is -2.44. The quantitative estimate of drug-likeness (QED) is 0.734. The van der Waals surface area contributed by atoms with Gasteiger partial charge < -0.3 is 10.8 Å². The lowest BCUT2D eigenvalue weighted by molar-refractivity contribution is -0.0278. The molecule has 7 nitrogen and oxygen atoms in total. The largest absolute Gasteiger partial charge is 0.389 e. The highest BCUT2D eigenvalue weighted by Crippen LogP contribution is 2.33. The molecular formula is C10H15FN4O3S. The van der Waals surface area contributed by atoms with E-state index in [1.807, 2.05) is 0 Å². The Kier molecular flexibility index (Phi) is 3.56. The van der Waals surface area contributed by atoms with Crippen molar-refractivity contribution in [3.8, 4) is 0 Å². The number of hydrogen-bond donors (Lipinski definition) is 2. The maximum atomic E-state index is 12.8. The van der Waals surface area contributed by atoms with E-state index in [9.17, 15) is 17.9 Å². The molecule has 1 saturated heterocycles. The van der Waals surface area contributed by atoms with E-state index in [4.69, 9.17) is 5.73 Å². The molecule has 0 aliphatic carbocycles. The van der Waals surface area contributed by atoms with Gasteiger partial charge in [0.1, 0.15) is 0 Å². The Labute approximate surface area is 110 Å². The minimum absolute atomic E-state index is 0.119. The zero-order chi connectivity index (χ0) is 14.3. The number of aliphatic hydroxyl groups is 1. The first kappa shape index (κ1) is 14.3. The van der Waals surface area contributed by atoms with Gasteiger partial charge in [0.2, 0.25) is 10.0 Å². The molecule has 3 N–H and O–H groups in total. The van der Waals surface area contributed by atoms with E-state index >= 15 is 0 Å². The first-order chi connectivity index (χ1) is 8.76. The Morgan fingerprint density at radius 2 is 2.11 bits per heavy atom. The van der Waals surface area contributed by atoms with Gasteiger partial charge in [-0.1, -0.05) is 0 Å². The van der Waals surface area contributed by atoms with Crippen LogP contribution in [0.1, 0.15) is 18.7 Å². The predicted molar refractivity (Wildman–Crippen MR) is 64.6 cm³/mol. The third-order valence-corrected chi connectivity index (χ3v) is 4.42. The van der Waals surface area contributed by atoms with E-state index in [-0.39, 0.29) is 12.4 Å². The number of piperidine rings is 1. The third-order valence-electron chi connectivity index (χ3n) is 3.14. The Hall–Kier alpha value is -1.16. The van der Waals surface area contributed by atoms with Crippen LogP contribution in [0, 0.1) is 5.82 Å². The van der Waals surface area contributed by atoms with Crippen molar-refractivity contribution in [2.24, 2.45) is 5.73 Å². The number of aliphatic hydroxyl groups excluding tert-OH is 1. The summed E-state index contributed by atoms with van der Waals surface area (Å²) in [5.74, 6) is -0.782. The second-order valence-corrected chi connectivity index (χ2v) is 6.45. The Balaban J connectivity index is 2.54. The van der Waals surface area contributed by atoms with Gasteiger partial charge in [-0.25, -0.2) is 22.8 Å². The first-order valence-electron chi connectivity index (χ1n) is 5.69. The second kappa shape index (κ2) is 4.75. The zero-order valence-corrected chi connectivity index (χ0v) is 11.1. The smallest absolute Gasteiger partial charge is 0.213 e. The highest BCUT2D eigenvalue weighted by atomic mass is 32.2. The molecule has 1 aliphatic heterocycles. The Morgan fingerprint density at radius 3 is 2.63 bits per heavy atom. The van der Waals surface area contributed by atoms with Crippen LogP contribution in [-0.2, 0) is 15.7 Å². The van der Waals surface area contributed by atoms with Gasteiger partial charge in [-0.15, -0.1) is 0 Å². The molecule has 0 amide bonds. The average molecular weight is 290 g/mol. The van der Waals surface area contributed by atoms with Crippen molar-refractivity contribution < 1.29 is 17.9 Å². The van der Waals surface area contributed by atoms with Gasteiger partial charge in [0.05, 0.1) is 24.8 Å². The van der Waals surface area contributed by atoms with Crippen LogP contribution < -0.4 is 5.73 Å². The molecule has 0 bridgehead atoms. The van der Waals surface area contributed by atoms with Gasteiger partial charge >= 0.3 is 0 Å². The Morgan fingerprint density at radius 1 is 1.53 bits per heavy atom. The van der Waals surface area contributed by atoms with Crippen LogP contribution in [0.4, 0.5) is 4.39 Å². The number of sulfonamides is 1. The summed E-state index contributed by atoms with van der Waals surface area (Å²) in [6.07, 6.45) is 2.42. The maximum absolute atomic E-state index is 12.8. The summed E-state index contributed by atoms with van der Waals surface area (Å²) in [5.41, 5.74) is 4.29. The number of aromatic nitrogens is 2. The normalized spacial score (nSPS) is 29.4. The van der Waals surface area contributed by atoms with Crippen molar-refractivity contribution in [3.63, 3.8) is 0 Å². The molecule has 2 atom stereocenters. The number of rotatable bonds is 2. The fourth-order valence-corrected chi connectivity index (χ4v) is 3.43. The van der Waals surface area contributed by atoms with Crippen LogP contribution in [0.3, 0.4) is 0 Å². The van der Waals surface area contributed by atoms with Gasteiger partial charge in [-0.3, -0.25) is 0 Å². The molecule has 0 aromatic carbocycles. The Bertz CT molecular complexity index is 565. The highest BCUT2D eigenvalue weighted by molar-refractivity contribution is 7.88. The van der Waals surface area contributed by atoms with E-state index < -0.39 is 27.6 Å². The molecule has 0 radical (unpaired) electrons. The van der Waals surface area contributed by atoms with Gasteiger partial charge in [0.25, 0.3) is 0 Å². The summed E-state index contributed by atoms with van der Waals surface area (Å²) >= 11 is 0. The summed E-state index contributed by atoms with van der Waals surface area (Å²) in [7, 11) is -3.65. The average Bonchev–Trinajstić information content (AvgIpc) is 2.32. The van der Waals surface area contributed by atoms with E-state index in [0.717, 1.165) is 23.0 Å². The van der Waals surface area contributed by atoms with Gasteiger partial charge in [0.15, 0.2) is 17.3 Å². The topological polar surface area (TPSA) is 109 Å². The minimum Gasteiger partial charge on any atom is -0.389 e. The van der Waals surface area contributed by atoms with E-state index in [2.05, 4.69) is 9.97 Å². The van der Waals surface area contributed by atoms with Crippen LogP contribution in [0.25, 0.3) is 0 Å². The standard InChI is InChI=1S/C10H15FN4O3S/c1-19(17,18)15-4-2-3-8(16)10(15,12)9-13-5-7(11)6-14-9/h5-6,8,16H,2-4,12H2,1H3. The molecule has 1 aromatic heterocycles. The molecule has 1 aromatic rings. The van der Waals surface area contributed by atoms with Crippen LogP contribution in [0.15, 0.2) is 12.4 Å². The highest BCUT2D eigenvalue weighted by Gasteiger charge is 2.50. The van der Waals surface area contributed by atoms with Crippen LogP contribution in [-0.4, -0.2) is 46.7 Å². The molecule has 1 aliphatic rings. The summed E-state index contributed by atoms with van der Waals surface area (Å²) in [5, 5.41) is 10.1. The van der Waals surface area contributed by atoms with E-state index in [0.29, 0.717) is 12.8 Å². The van der Waals surface area contributed by atoms with Crippen molar-refractivity contribution in [2.45, 2.75) is 24.6 Å². The molecule has 2 heterocycles. The third kappa shape index (κ3) is 2.46. The number of nitrogens with zero attached hydrogens (tertiary/aromatic N) is 3. The fraction of sp³-hybridized carbons (Fsp3) is 0.600. The first-order valence-corrected chi connectivity index (χ1v) is 7.54. The summed E-state index contributed by atoms with van der Waals surface area (Å²) in [6, 6.07) is 0. The summed E-state index contributed by atoms with van der Waals surface area (Å²) < 4.78 is 37.4. The van der Waals surface area contributed by atoms with Gasteiger partial charge in [-0.05, 0) is 12.8 Å². The van der Waals surface area contributed by atoms with E-state index in [1.165, 1.54) is 0 Å². The van der Waals surface area contributed by atoms with Crippen LogP contribution in [0.2, 0.25) is 0 Å². The molecular weight excluding hydrogens is 275 g/mol. The minimum atomic E-state index is -3.65. The molecule has 0 saturated carbocycles. The van der Waals surface area contributed by atoms with Crippen molar-refractivity contribution in [1.82, 2.24) is 14.3 Å². The van der Waals surface area contributed by atoms with Crippen LogP contribution >= 0.6 is 0 Å². The molecule has 106 valence electrons. The van der Waals surface area contributed by atoms with Crippen molar-refractivity contribution in [2.75, 3.05) is 12.8 Å². The summed E-state index contributed by atoms with van der Waals surface area (Å²) in [4.78, 5) is 7.42. The number of hydrogen-bond acceptors (Lipinski definition) is 6. The van der Waals surface area contributed by atoms with Crippen LogP contribution in [0.5, 0.6) is 0 Å². The number of nitrogens with two attached hydrogens (primary N) is 1. The van der Waals surface area contributed by atoms with Crippen molar-refractivity contribution in [1.29, 1.82) is 0 Å². The SMILES string of the molecule is CS(=O)(=O)N1CCCC(O)C1(N)c1ncc(F)cn1.